The van der Waals surface area contributed by atoms with Gasteiger partial charge in [-0.1, -0.05) is 30.7 Å². The van der Waals surface area contributed by atoms with Gasteiger partial charge in [0.15, 0.2) is 0 Å². The lowest BCUT2D eigenvalue weighted by molar-refractivity contribution is 0.452. The van der Waals surface area contributed by atoms with Crippen LogP contribution in [0.1, 0.15) is 24.8 Å². The first-order valence-corrected chi connectivity index (χ1v) is 9.27. The molecule has 23 heavy (non-hydrogen) atoms. The van der Waals surface area contributed by atoms with E-state index in [1.165, 1.54) is 0 Å². The first kappa shape index (κ1) is 18.1. The summed E-state index contributed by atoms with van der Waals surface area (Å²) in [6, 6.07) is 9.39. The number of fused-ring (bicyclic) bond motifs is 1. The second-order valence-electron chi connectivity index (χ2n) is 5.90. The van der Waals surface area contributed by atoms with Crippen LogP contribution in [-0.2, 0) is 15.8 Å². The molecule has 2 aromatic rings. The number of sulfonamides is 1. The number of aromatic nitrogens is 1. The van der Waals surface area contributed by atoms with E-state index in [9.17, 15) is 8.42 Å². The van der Waals surface area contributed by atoms with E-state index in [1.54, 1.807) is 6.20 Å². The Labute approximate surface area is 143 Å². The van der Waals surface area contributed by atoms with Crippen LogP contribution >= 0.6 is 12.4 Å². The molecule has 0 saturated heterocycles. The highest BCUT2D eigenvalue weighted by molar-refractivity contribution is 7.88. The van der Waals surface area contributed by atoms with E-state index in [-0.39, 0.29) is 30.1 Å². The Kier molecular flexibility index (Phi) is 5.97. The van der Waals surface area contributed by atoms with Crippen LogP contribution in [0.15, 0.2) is 36.5 Å². The Bertz CT molecular complexity index is 762. The molecule has 0 radical (unpaired) electrons. The van der Waals surface area contributed by atoms with Gasteiger partial charge in [-0.05, 0) is 36.9 Å². The number of halogens is 1. The first-order chi connectivity index (χ1) is 10.6. The second-order valence-corrected chi connectivity index (χ2v) is 7.66. The van der Waals surface area contributed by atoms with Crippen LogP contribution in [0, 0.1) is 5.92 Å². The van der Waals surface area contributed by atoms with Crippen LogP contribution in [0.4, 0.5) is 0 Å². The van der Waals surface area contributed by atoms with Crippen molar-refractivity contribution in [2.45, 2.75) is 31.1 Å². The molecule has 0 bridgehead atoms. The third kappa shape index (κ3) is 4.20. The Morgan fingerprint density at radius 3 is 2.78 bits per heavy atom. The Morgan fingerprint density at radius 2 is 2.00 bits per heavy atom. The van der Waals surface area contributed by atoms with Crippen LogP contribution in [0.25, 0.3) is 10.9 Å². The van der Waals surface area contributed by atoms with Crippen molar-refractivity contribution in [3.63, 3.8) is 0 Å². The zero-order valence-electron chi connectivity index (χ0n) is 12.8. The fourth-order valence-electron chi connectivity index (χ4n) is 3.24. The Morgan fingerprint density at radius 1 is 1.22 bits per heavy atom. The Hall–Kier alpha value is -1.21. The zero-order chi connectivity index (χ0) is 15.6. The van der Waals surface area contributed by atoms with Crippen molar-refractivity contribution in [2.24, 2.45) is 11.7 Å². The molecule has 7 heteroatoms. The summed E-state index contributed by atoms with van der Waals surface area (Å²) in [6.07, 6.45) is 4.59. The molecule has 1 heterocycles. The van der Waals surface area contributed by atoms with E-state index in [0.29, 0.717) is 6.54 Å². The van der Waals surface area contributed by atoms with Gasteiger partial charge >= 0.3 is 0 Å². The summed E-state index contributed by atoms with van der Waals surface area (Å²) in [4.78, 5) is 4.32. The van der Waals surface area contributed by atoms with Gasteiger partial charge in [0.1, 0.15) is 0 Å². The normalized spacial score (nSPS) is 21.3. The third-order valence-electron chi connectivity index (χ3n) is 4.35. The SMILES string of the molecule is Cl.NCC1CCCC1NS(=O)(=O)Cc1cccc2cccnc12. The average molecular weight is 356 g/mol. The van der Waals surface area contributed by atoms with Crippen molar-refractivity contribution in [3.05, 3.63) is 42.1 Å². The first-order valence-electron chi connectivity index (χ1n) is 7.62. The molecule has 1 aromatic heterocycles. The molecule has 1 fully saturated rings. The molecule has 126 valence electrons. The second kappa shape index (κ2) is 7.57. The van der Waals surface area contributed by atoms with Gasteiger partial charge in [-0.25, -0.2) is 13.1 Å². The highest BCUT2D eigenvalue weighted by Crippen LogP contribution is 2.26. The number of hydrogen-bond donors (Lipinski definition) is 2. The zero-order valence-corrected chi connectivity index (χ0v) is 14.4. The molecular formula is C16H22ClN3O2S. The monoisotopic (exact) mass is 355 g/mol. The molecule has 1 saturated carbocycles. The van der Waals surface area contributed by atoms with E-state index >= 15 is 0 Å². The van der Waals surface area contributed by atoms with Gasteiger partial charge in [-0.3, -0.25) is 4.98 Å². The largest absolute Gasteiger partial charge is 0.330 e. The number of nitrogens with zero attached hydrogens (tertiary/aromatic N) is 1. The standard InChI is InChI=1S/C16H21N3O2S.ClH/c17-10-13-5-2-8-15(13)19-22(20,21)11-14-6-1-4-12-7-3-9-18-16(12)14;/h1,3-4,6-7,9,13,15,19H,2,5,8,10-11,17H2;1H. The molecule has 5 nitrogen and oxygen atoms in total. The molecule has 0 aliphatic heterocycles. The quantitative estimate of drug-likeness (QED) is 0.861. The summed E-state index contributed by atoms with van der Waals surface area (Å²) in [5.74, 6) is 0.204. The molecule has 2 unspecified atom stereocenters. The lowest BCUT2D eigenvalue weighted by Gasteiger charge is -2.19. The maximum atomic E-state index is 12.5. The fraction of sp³-hybridized carbons (Fsp3) is 0.438. The minimum atomic E-state index is -3.40. The van der Waals surface area contributed by atoms with Crippen molar-refractivity contribution in [1.29, 1.82) is 0 Å². The highest BCUT2D eigenvalue weighted by atomic mass is 35.5. The van der Waals surface area contributed by atoms with Gasteiger partial charge in [-0.15, -0.1) is 12.4 Å². The molecule has 0 amide bonds. The molecule has 1 aromatic carbocycles. The van der Waals surface area contributed by atoms with Crippen molar-refractivity contribution in [2.75, 3.05) is 6.54 Å². The van der Waals surface area contributed by atoms with Gasteiger partial charge in [0.2, 0.25) is 10.0 Å². The molecule has 1 aliphatic rings. The third-order valence-corrected chi connectivity index (χ3v) is 5.71. The van der Waals surface area contributed by atoms with E-state index < -0.39 is 10.0 Å². The number of rotatable bonds is 5. The van der Waals surface area contributed by atoms with E-state index in [1.807, 2.05) is 30.3 Å². The molecule has 3 rings (SSSR count). The summed E-state index contributed by atoms with van der Waals surface area (Å²) in [6.45, 7) is 0.531. The number of benzene rings is 1. The maximum Gasteiger partial charge on any atom is 0.216 e. The van der Waals surface area contributed by atoms with Gasteiger partial charge < -0.3 is 5.73 Å². The lowest BCUT2D eigenvalue weighted by atomic mass is 10.1. The minimum Gasteiger partial charge on any atom is -0.330 e. The summed E-state index contributed by atoms with van der Waals surface area (Å²) in [5.41, 5.74) is 7.20. The van der Waals surface area contributed by atoms with E-state index in [2.05, 4.69) is 9.71 Å². The number of hydrogen-bond acceptors (Lipinski definition) is 4. The Balaban J connectivity index is 0.00000192. The fourth-order valence-corrected chi connectivity index (χ4v) is 4.73. The van der Waals surface area contributed by atoms with E-state index in [0.717, 1.165) is 35.7 Å². The van der Waals surface area contributed by atoms with Gasteiger partial charge in [-0.2, -0.15) is 0 Å². The van der Waals surface area contributed by atoms with Crippen molar-refractivity contribution >= 4 is 33.3 Å². The smallest absolute Gasteiger partial charge is 0.216 e. The summed E-state index contributed by atoms with van der Waals surface area (Å²) in [5, 5.41) is 0.955. The summed E-state index contributed by atoms with van der Waals surface area (Å²) in [7, 11) is -3.40. The van der Waals surface area contributed by atoms with Crippen molar-refractivity contribution in [1.82, 2.24) is 9.71 Å². The predicted molar refractivity (Wildman–Crippen MR) is 94.9 cm³/mol. The van der Waals surface area contributed by atoms with Crippen LogP contribution < -0.4 is 10.5 Å². The topological polar surface area (TPSA) is 85.1 Å². The summed E-state index contributed by atoms with van der Waals surface area (Å²) < 4.78 is 27.8. The number of pyridine rings is 1. The van der Waals surface area contributed by atoms with Gasteiger partial charge in [0, 0.05) is 17.6 Å². The van der Waals surface area contributed by atoms with Crippen LogP contribution in [0.3, 0.4) is 0 Å². The maximum absolute atomic E-state index is 12.5. The van der Waals surface area contributed by atoms with Crippen LogP contribution in [-0.4, -0.2) is 26.0 Å². The molecule has 0 spiro atoms. The summed E-state index contributed by atoms with van der Waals surface area (Å²) >= 11 is 0. The minimum absolute atomic E-state index is 0. The molecule has 1 aliphatic carbocycles. The highest BCUT2D eigenvalue weighted by Gasteiger charge is 2.29. The van der Waals surface area contributed by atoms with Crippen molar-refractivity contribution < 1.29 is 8.42 Å². The molecule has 2 atom stereocenters. The lowest BCUT2D eigenvalue weighted by Crippen LogP contribution is -2.40. The number of nitrogens with two attached hydrogens (primary N) is 1. The van der Waals surface area contributed by atoms with Crippen molar-refractivity contribution in [3.8, 4) is 0 Å². The van der Waals surface area contributed by atoms with Gasteiger partial charge in [0.05, 0.1) is 11.3 Å². The van der Waals surface area contributed by atoms with Crippen LogP contribution in [0.5, 0.6) is 0 Å². The number of nitrogens with one attached hydrogen (secondary N) is 1. The molecule has 3 N–H and O–H groups in total. The average Bonchev–Trinajstić information content (AvgIpc) is 2.93. The predicted octanol–water partition coefficient (Wildman–Crippen LogP) is 2.20. The van der Waals surface area contributed by atoms with E-state index in [4.69, 9.17) is 5.73 Å². The van der Waals surface area contributed by atoms with Crippen LogP contribution in [0.2, 0.25) is 0 Å². The van der Waals surface area contributed by atoms with Gasteiger partial charge in [0.25, 0.3) is 0 Å². The molecular weight excluding hydrogens is 334 g/mol. The number of para-hydroxylation sites is 1.